The van der Waals surface area contributed by atoms with Crippen LogP contribution in [0.2, 0.25) is 0 Å². The third-order valence-corrected chi connectivity index (χ3v) is 12.2. The number of aryl methyl sites for hydroxylation is 6. The number of alkyl halides is 4. The summed E-state index contributed by atoms with van der Waals surface area (Å²) in [5, 5.41) is 17.9. The van der Waals surface area contributed by atoms with Gasteiger partial charge in [-0.2, -0.15) is 13.7 Å². The van der Waals surface area contributed by atoms with Crippen molar-refractivity contribution in [2.24, 2.45) is 11.7 Å². The van der Waals surface area contributed by atoms with Crippen LogP contribution < -0.4 is 5.73 Å². The topological polar surface area (TPSA) is 205 Å². The van der Waals surface area contributed by atoms with E-state index in [1.54, 1.807) is 0 Å². The van der Waals surface area contributed by atoms with E-state index in [-0.39, 0.29) is 37.9 Å². The smallest absolute Gasteiger partial charge is 0.394 e. The molecule has 0 radical (unpaired) electrons. The van der Waals surface area contributed by atoms with Crippen LogP contribution in [0.25, 0.3) is 0 Å². The van der Waals surface area contributed by atoms with Crippen molar-refractivity contribution < 1.29 is 49.2 Å². The first-order chi connectivity index (χ1) is 27.0. The van der Waals surface area contributed by atoms with E-state index in [4.69, 9.17) is 33.3 Å². The molecule has 17 heteroatoms. The van der Waals surface area contributed by atoms with E-state index in [1.165, 1.54) is 48.2 Å². The van der Waals surface area contributed by atoms with Gasteiger partial charge in [-0.05, 0) is 147 Å². The van der Waals surface area contributed by atoms with Crippen LogP contribution in [0.1, 0.15) is 145 Å². The average Bonchev–Trinajstić information content (AvgIpc) is 3.14. The first-order valence-electron chi connectivity index (χ1n) is 20.2. The normalized spacial score (nSPS) is 15.9. The molecule has 4 rings (SSSR count). The Labute approximate surface area is 344 Å². The molecule has 5 N–H and O–H groups in total. The number of carbonyl (C=O) groups is 1. The number of hydrogen-bond acceptors (Lipinski definition) is 8. The molecule has 2 aromatic rings. The summed E-state index contributed by atoms with van der Waals surface area (Å²) >= 11 is 0. The molecular formula is C41H62F4N4O7S2. The average molecular weight is 863 g/mol. The Morgan fingerprint density at radius 2 is 1.21 bits per heavy atom. The van der Waals surface area contributed by atoms with Gasteiger partial charge in [-0.1, -0.05) is 12.1 Å². The molecule has 0 fully saturated rings. The zero-order chi connectivity index (χ0) is 43.6. The number of aliphatic carboxylic acids is 1. The molecule has 0 saturated heterocycles. The van der Waals surface area contributed by atoms with E-state index in [0.29, 0.717) is 32.1 Å². The summed E-state index contributed by atoms with van der Waals surface area (Å²) in [6.45, 7) is 5.51. The highest BCUT2D eigenvalue weighted by Gasteiger charge is 2.31. The Hall–Kier alpha value is -3.04. The van der Waals surface area contributed by atoms with Gasteiger partial charge in [-0.25, -0.2) is 17.6 Å². The zero-order valence-corrected chi connectivity index (χ0v) is 35.7. The summed E-state index contributed by atoms with van der Waals surface area (Å²) in [5.74, 6) is -7.28. The minimum absolute atomic E-state index is 0.0949. The van der Waals surface area contributed by atoms with Gasteiger partial charge in [-0.3, -0.25) is 28.1 Å². The fraction of sp³-hybridized carbons (Fsp3) is 0.707. The number of unbranched alkanes of at least 4 members (excludes halogenated alkanes) is 2. The highest BCUT2D eigenvalue weighted by atomic mass is 32.3. The maximum atomic E-state index is 14.2. The lowest BCUT2D eigenvalue weighted by atomic mass is 9.95. The minimum Gasteiger partial charge on any atom is -0.480 e. The molecule has 0 aliphatic heterocycles. The van der Waals surface area contributed by atoms with Gasteiger partial charge in [0.2, 0.25) is 11.8 Å². The zero-order valence-electron chi connectivity index (χ0n) is 34.0. The molecule has 58 heavy (non-hydrogen) atoms. The lowest BCUT2D eigenvalue weighted by Crippen LogP contribution is -2.32. The molecule has 2 aromatic heterocycles. The summed E-state index contributed by atoms with van der Waals surface area (Å²) in [5.41, 5.74) is 12.3. The van der Waals surface area contributed by atoms with Crippen LogP contribution >= 0.6 is 0 Å². The number of rotatable bonds is 19. The van der Waals surface area contributed by atoms with Crippen LogP contribution in [0, 0.1) is 17.2 Å². The van der Waals surface area contributed by atoms with Crippen molar-refractivity contribution in [1.29, 1.82) is 5.26 Å². The van der Waals surface area contributed by atoms with Crippen molar-refractivity contribution in [1.82, 2.24) is 9.97 Å². The molecule has 3 atom stereocenters. The van der Waals surface area contributed by atoms with Crippen LogP contribution in [-0.2, 0) is 64.5 Å². The fourth-order valence-corrected chi connectivity index (χ4v) is 7.76. The molecule has 0 bridgehead atoms. The van der Waals surface area contributed by atoms with Crippen LogP contribution in [0.5, 0.6) is 0 Å². The number of pyridine rings is 2. The molecular weight excluding hydrogens is 801 g/mol. The monoisotopic (exact) mass is 862 g/mol. The van der Waals surface area contributed by atoms with E-state index in [9.17, 15) is 31.8 Å². The van der Waals surface area contributed by atoms with Crippen molar-refractivity contribution in [2.45, 2.75) is 172 Å². The van der Waals surface area contributed by atoms with Gasteiger partial charge in [0.1, 0.15) is 6.04 Å². The number of carboxylic acids is 1. The standard InChI is InChI=1S/C23H34F2N2OS.C18H26F2N2O2.H2O4S/c1-22(2,3)29(28)17-18(16-26)13-15-23(24,25)14-7-6-9-20-12-11-19-8-4-5-10-21(19)27-20;19-18(20,12-10-15(21)17(23)24)11-4-3-6-14-9-8-13-5-1-2-7-16(13)22-14;1-5(2,3)4/h11-12,18H,4-10,13-15,17H2,1-3H3;8-9,15H,1-7,10-12,21H2,(H,23,24);(H2,1,2,3,4)/t18-,29+;15-;/m00./s1. The predicted octanol–water partition coefficient (Wildman–Crippen LogP) is 8.62. The SMILES string of the molecule is CC(C)(C)[S@](=O)C[C@H](C#N)CCC(F)(F)CCCCc1ccc2c(n1)CCCC2.N[C@@H](CCC(F)(F)CCCCc1ccc2c(n1)CCCC2)C(=O)O.O=S(=O)(O)O. The van der Waals surface area contributed by atoms with Gasteiger partial charge in [0.15, 0.2) is 0 Å². The Morgan fingerprint density at radius 1 is 0.793 bits per heavy atom. The Morgan fingerprint density at radius 3 is 1.60 bits per heavy atom. The molecule has 0 amide bonds. The van der Waals surface area contributed by atoms with Gasteiger partial charge in [0.05, 0.1) is 12.0 Å². The summed E-state index contributed by atoms with van der Waals surface area (Å²) < 4.78 is 99.3. The van der Waals surface area contributed by atoms with Gasteiger partial charge >= 0.3 is 16.4 Å². The van der Waals surface area contributed by atoms with Crippen LogP contribution in [0.4, 0.5) is 17.6 Å². The number of carboxylic acid groups (broad SMARTS) is 1. The molecule has 0 saturated carbocycles. The molecule has 2 aliphatic rings. The van der Waals surface area contributed by atoms with Gasteiger partial charge < -0.3 is 10.8 Å². The molecule has 0 unspecified atom stereocenters. The number of aromatic nitrogens is 2. The van der Waals surface area contributed by atoms with Crippen molar-refractivity contribution in [3.63, 3.8) is 0 Å². The molecule has 328 valence electrons. The van der Waals surface area contributed by atoms with E-state index in [2.05, 4.69) is 23.2 Å². The van der Waals surface area contributed by atoms with Crippen LogP contribution in [0.15, 0.2) is 24.3 Å². The van der Waals surface area contributed by atoms with Crippen LogP contribution in [-0.4, -0.2) is 71.2 Å². The molecule has 2 heterocycles. The number of nitrogens with zero attached hydrogens (tertiary/aromatic N) is 3. The van der Waals surface area contributed by atoms with E-state index in [1.807, 2.05) is 32.9 Å². The summed E-state index contributed by atoms with van der Waals surface area (Å²) in [4.78, 5) is 19.9. The minimum atomic E-state index is -4.67. The lowest BCUT2D eigenvalue weighted by molar-refractivity contribution is -0.139. The Bertz CT molecular complexity index is 1760. The molecule has 0 aromatic carbocycles. The number of nitriles is 1. The number of halogens is 4. The Balaban J connectivity index is 0.000000363. The predicted molar refractivity (Wildman–Crippen MR) is 217 cm³/mol. The first kappa shape index (κ1) is 51.1. The van der Waals surface area contributed by atoms with Crippen molar-refractivity contribution >= 4 is 27.2 Å². The highest BCUT2D eigenvalue weighted by Crippen LogP contribution is 2.31. The largest absolute Gasteiger partial charge is 0.480 e. The second kappa shape index (κ2) is 24.3. The number of fused-ring (bicyclic) bond motifs is 2. The van der Waals surface area contributed by atoms with Crippen molar-refractivity contribution in [2.75, 3.05) is 5.75 Å². The fourth-order valence-electron chi connectivity index (χ4n) is 6.66. The van der Waals surface area contributed by atoms with Gasteiger partial charge in [-0.15, -0.1) is 0 Å². The van der Waals surface area contributed by atoms with Crippen molar-refractivity contribution in [3.05, 3.63) is 58.2 Å². The number of nitrogens with two attached hydrogens (primary N) is 1. The van der Waals surface area contributed by atoms with E-state index >= 15 is 0 Å². The van der Waals surface area contributed by atoms with Crippen molar-refractivity contribution in [3.8, 4) is 6.07 Å². The maximum Gasteiger partial charge on any atom is 0.394 e. The maximum absolute atomic E-state index is 14.2. The molecule has 11 nitrogen and oxygen atoms in total. The van der Waals surface area contributed by atoms with E-state index in [0.717, 1.165) is 43.5 Å². The quantitative estimate of drug-likeness (QED) is 0.0598. The molecule has 0 spiro atoms. The first-order valence-corrected chi connectivity index (χ1v) is 22.9. The van der Waals surface area contributed by atoms with Gasteiger partial charge in [0.25, 0.3) is 0 Å². The third kappa shape index (κ3) is 21.8. The van der Waals surface area contributed by atoms with Crippen LogP contribution in [0.3, 0.4) is 0 Å². The lowest BCUT2D eigenvalue weighted by Gasteiger charge is -2.21. The highest BCUT2D eigenvalue weighted by molar-refractivity contribution is 7.86. The van der Waals surface area contributed by atoms with E-state index < -0.39 is 62.1 Å². The third-order valence-electron chi connectivity index (χ3n) is 10.1. The number of hydrogen-bond donors (Lipinski definition) is 4. The molecule has 2 aliphatic carbocycles. The summed E-state index contributed by atoms with van der Waals surface area (Å²) in [6, 6.07) is 9.16. The Kier molecular flexibility index (Phi) is 21.4. The second-order valence-electron chi connectivity index (χ2n) is 16.3. The summed E-state index contributed by atoms with van der Waals surface area (Å²) in [6.07, 6.45) is 11.4. The summed E-state index contributed by atoms with van der Waals surface area (Å²) in [7, 11) is -5.87. The second-order valence-corrected chi connectivity index (χ2v) is 19.4. The van der Waals surface area contributed by atoms with Gasteiger partial charge in [0, 0.05) is 69.8 Å².